The van der Waals surface area contributed by atoms with Crippen molar-refractivity contribution in [3.63, 3.8) is 0 Å². The molecule has 23 heteroatoms. The first kappa shape index (κ1) is 35.9. The first-order chi connectivity index (χ1) is 22.2. The minimum Gasteiger partial charge on any atom is -0.550 e. The molecule has 0 radical (unpaired) electrons. The molecule has 0 saturated carbocycles. The molecule has 0 bridgehead atoms. The van der Waals surface area contributed by atoms with Crippen LogP contribution in [-0.2, 0) is 35.6 Å². The molecule has 3 aromatic heterocycles. The Morgan fingerprint density at radius 3 is 2.57 bits per heavy atom. The quantitative estimate of drug-likeness (QED) is 0.0568. The maximum atomic E-state index is 13.2. The third-order valence-corrected chi connectivity index (χ3v) is 10.5. The van der Waals surface area contributed by atoms with E-state index in [1.807, 2.05) is 46.6 Å². The topological polar surface area (TPSA) is 261 Å². The first-order valence-corrected chi connectivity index (χ1v) is 18.2. The van der Waals surface area contributed by atoms with Gasteiger partial charge in [-0.25, -0.2) is 18.9 Å². The third kappa shape index (κ3) is 9.12. The fourth-order valence-electron chi connectivity index (χ4n) is 3.90. The van der Waals surface area contributed by atoms with E-state index in [1.54, 1.807) is 6.92 Å². The highest BCUT2D eigenvalue weighted by molar-refractivity contribution is 8.07. The van der Waals surface area contributed by atoms with Gasteiger partial charge in [-0.1, -0.05) is 16.9 Å². The zero-order valence-electron chi connectivity index (χ0n) is 24.4. The summed E-state index contributed by atoms with van der Waals surface area (Å²) < 4.78 is 17.6. The van der Waals surface area contributed by atoms with Crippen LogP contribution in [0.15, 0.2) is 50.0 Å². The summed E-state index contributed by atoms with van der Waals surface area (Å²) in [6.07, 6.45) is 3.80. The van der Waals surface area contributed by atoms with Gasteiger partial charge in [0.05, 0.1) is 5.69 Å². The maximum Gasteiger partial charge on any atom is 0.429 e. The first-order valence-electron chi connectivity index (χ1n) is 13.0. The van der Waals surface area contributed by atoms with Crippen LogP contribution in [0.1, 0.15) is 19.7 Å². The van der Waals surface area contributed by atoms with Crippen LogP contribution in [0.2, 0.25) is 0 Å². The molecule has 5 heterocycles. The lowest BCUT2D eigenvalue weighted by Gasteiger charge is -2.49. The third-order valence-electron chi connectivity index (χ3n) is 5.77. The zero-order valence-corrected chi connectivity index (χ0v) is 28.6. The SMILES string of the molecule is CC(=O)[O-].CCO/N=C(\C(=O)NC1C(=O)N2C(C(=O)O)=C(Sc3nc(-c4cc[n+](C)cc4)cs3)CSC12)c1nsc(NP(=O)(O)O)n1. The molecule has 5 N–H and O–H groups in total. The number of carbonyl (C=O) groups excluding carboxylic acids is 3. The molecule has 0 aliphatic carbocycles. The van der Waals surface area contributed by atoms with Gasteiger partial charge in [-0.2, -0.15) is 9.36 Å². The van der Waals surface area contributed by atoms with Crippen LogP contribution in [0.5, 0.6) is 0 Å². The Hall–Kier alpha value is -3.92. The molecule has 1 saturated heterocycles. The Kier molecular flexibility index (Phi) is 11.7. The molecule has 2 unspecified atom stereocenters. The number of carboxylic acid groups (broad SMARTS) is 2. The molecule has 0 aromatic carbocycles. The van der Waals surface area contributed by atoms with Crippen molar-refractivity contribution in [2.24, 2.45) is 12.2 Å². The largest absolute Gasteiger partial charge is 0.550 e. The van der Waals surface area contributed by atoms with E-state index in [2.05, 4.69) is 24.8 Å². The van der Waals surface area contributed by atoms with E-state index in [0.717, 1.165) is 23.1 Å². The highest BCUT2D eigenvalue weighted by Gasteiger charge is 2.54. The predicted octanol–water partition coefficient (Wildman–Crippen LogP) is -0.0241. The average molecular weight is 745 g/mol. The van der Waals surface area contributed by atoms with Crippen LogP contribution >= 0.6 is 54.1 Å². The molecule has 18 nitrogen and oxygen atoms in total. The van der Waals surface area contributed by atoms with Crippen LogP contribution in [-0.4, -0.2) is 87.4 Å². The molecule has 3 aromatic rings. The smallest absolute Gasteiger partial charge is 0.429 e. The van der Waals surface area contributed by atoms with Crippen molar-refractivity contribution in [2.45, 2.75) is 29.6 Å². The second kappa shape index (κ2) is 15.3. The fourth-order valence-corrected chi connectivity index (χ4v) is 8.60. The Bertz CT molecular complexity index is 1790. The molecule has 250 valence electrons. The summed E-state index contributed by atoms with van der Waals surface area (Å²) in [7, 11) is -2.77. The molecule has 2 aliphatic heterocycles. The van der Waals surface area contributed by atoms with Crippen LogP contribution in [0.4, 0.5) is 5.13 Å². The number of amides is 2. The molecule has 2 aliphatic rings. The van der Waals surface area contributed by atoms with Crippen molar-refractivity contribution < 1.29 is 53.1 Å². The summed E-state index contributed by atoms with van der Waals surface area (Å²) in [6.45, 7) is 2.67. The van der Waals surface area contributed by atoms with E-state index < -0.39 is 48.6 Å². The average Bonchev–Trinajstić information content (AvgIpc) is 3.64. The lowest BCUT2D eigenvalue weighted by molar-refractivity contribution is -0.671. The van der Waals surface area contributed by atoms with Gasteiger partial charge in [0.1, 0.15) is 30.8 Å². The number of anilines is 1. The number of hydrogen-bond acceptors (Lipinski definition) is 15. The second-order valence-corrected chi connectivity index (χ2v) is 14.6. The van der Waals surface area contributed by atoms with Gasteiger partial charge in [0.2, 0.25) is 16.7 Å². The number of aromatic nitrogens is 4. The molecule has 0 spiro atoms. The highest BCUT2D eigenvalue weighted by Crippen LogP contribution is 2.46. The number of thioether (sulfide) groups is 2. The molecule has 2 amide bonds. The van der Waals surface area contributed by atoms with Gasteiger partial charge in [-0.15, -0.1) is 23.1 Å². The standard InChI is InChI=1S/C22H21N8O8PS4.C2H4O2/c1-3-38-26-13(16-25-21(43-28-16)27-39(35,36)37)17(31)24-14-18(32)30-15(20(33)34)12(9-40-19(14)30)42-22-23-11(8-41-22)10-4-6-29(2)7-5-10;1-2(3)4/h4-8,14,19H,3,9H2,1-2H3,(H4-,24,25,27,28,31,33,34,35,36,37);1H3,(H,3,4)/b26-13-;. The summed E-state index contributed by atoms with van der Waals surface area (Å²) in [6, 6.07) is 2.77. The molecule has 2 atom stereocenters. The van der Waals surface area contributed by atoms with Crippen LogP contribution in [0, 0.1) is 0 Å². The minimum absolute atomic E-state index is 0.0843. The van der Waals surface area contributed by atoms with Crippen molar-refractivity contribution in [1.29, 1.82) is 0 Å². The predicted molar refractivity (Wildman–Crippen MR) is 169 cm³/mol. The van der Waals surface area contributed by atoms with Gasteiger partial charge in [0.15, 0.2) is 16.7 Å². The highest BCUT2D eigenvalue weighted by atomic mass is 32.2. The van der Waals surface area contributed by atoms with Crippen molar-refractivity contribution in [1.82, 2.24) is 24.6 Å². The van der Waals surface area contributed by atoms with Crippen LogP contribution < -0.4 is 20.1 Å². The number of carbonyl (C=O) groups is 4. The van der Waals surface area contributed by atoms with E-state index in [1.165, 1.54) is 34.9 Å². The van der Waals surface area contributed by atoms with E-state index in [-0.39, 0.29) is 29.0 Å². The van der Waals surface area contributed by atoms with Crippen LogP contribution in [0.3, 0.4) is 0 Å². The Morgan fingerprint density at radius 2 is 1.96 bits per heavy atom. The molecular formula is C24H25N8O10PS4. The number of pyridine rings is 1. The summed E-state index contributed by atoms with van der Waals surface area (Å²) in [5, 5.41) is 27.9. The van der Waals surface area contributed by atoms with Gasteiger partial charge >= 0.3 is 13.7 Å². The number of rotatable bonds is 11. The fraction of sp³-hybridized carbons (Fsp3) is 0.292. The monoisotopic (exact) mass is 744 g/mol. The van der Waals surface area contributed by atoms with Crippen molar-refractivity contribution in [3.8, 4) is 11.3 Å². The van der Waals surface area contributed by atoms with Gasteiger partial charge < -0.3 is 34.9 Å². The minimum atomic E-state index is -4.67. The zero-order chi connectivity index (χ0) is 34.5. The molecule has 47 heavy (non-hydrogen) atoms. The number of nitrogens with zero attached hydrogens (tertiary/aromatic N) is 6. The van der Waals surface area contributed by atoms with Crippen LogP contribution in [0.25, 0.3) is 11.3 Å². The van der Waals surface area contributed by atoms with Gasteiger partial charge in [0.25, 0.3) is 11.8 Å². The lowest BCUT2D eigenvalue weighted by Crippen LogP contribution is -2.71. The maximum absolute atomic E-state index is 13.2. The van der Waals surface area contributed by atoms with Crippen molar-refractivity contribution in [3.05, 3.63) is 46.3 Å². The second-order valence-electron chi connectivity index (χ2n) is 9.22. The van der Waals surface area contributed by atoms with Gasteiger partial charge in [-0.3, -0.25) is 19.6 Å². The van der Waals surface area contributed by atoms with E-state index >= 15 is 0 Å². The van der Waals surface area contributed by atoms with Crippen molar-refractivity contribution in [2.75, 3.05) is 17.4 Å². The van der Waals surface area contributed by atoms with Gasteiger partial charge in [-0.05, 0) is 13.8 Å². The number of fused-ring (bicyclic) bond motifs is 1. The number of aryl methyl sites for hydroxylation is 1. The Balaban J connectivity index is 0.00000118. The van der Waals surface area contributed by atoms with Gasteiger partial charge in [0, 0.05) is 51.2 Å². The summed E-state index contributed by atoms with van der Waals surface area (Å²) in [5.74, 6) is -3.92. The number of carboxylic acids is 2. The molecule has 5 rings (SSSR count). The summed E-state index contributed by atoms with van der Waals surface area (Å²) in [4.78, 5) is 80.7. The van der Waals surface area contributed by atoms with Crippen molar-refractivity contribution >= 4 is 88.7 Å². The number of aliphatic carboxylic acids is 2. The number of nitrogens with one attached hydrogen (secondary N) is 2. The Labute approximate surface area is 282 Å². The van der Waals surface area contributed by atoms with E-state index in [0.29, 0.717) is 20.8 Å². The van der Waals surface area contributed by atoms with E-state index in [9.17, 15) is 24.1 Å². The lowest BCUT2D eigenvalue weighted by atomic mass is 10.0. The Morgan fingerprint density at radius 1 is 1.28 bits per heavy atom. The number of thiazole rings is 1. The molecule has 1 fully saturated rings. The number of hydrogen-bond donors (Lipinski definition) is 5. The normalized spacial score (nSPS) is 17.6. The number of β-lactam (4-membered cyclic amide) rings is 1. The van der Waals surface area contributed by atoms with E-state index in [4.69, 9.17) is 24.5 Å². The molecular weight excluding hydrogens is 720 g/mol. The summed E-state index contributed by atoms with van der Waals surface area (Å²) in [5.41, 5.74) is 1.06. The number of oxime groups is 1. The summed E-state index contributed by atoms with van der Waals surface area (Å²) >= 11 is 4.40.